The smallest absolute Gasteiger partial charge is 0.337 e. The quantitative estimate of drug-likeness (QED) is 0.0887. The lowest BCUT2D eigenvalue weighted by atomic mass is 10.0. The Labute approximate surface area is 345 Å². The van der Waals surface area contributed by atoms with Gasteiger partial charge in [-0.05, 0) is 97.3 Å². The number of aryl methyl sites for hydroxylation is 2. The van der Waals surface area contributed by atoms with Crippen LogP contribution in [-0.4, -0.2) is 73.2 Å². The fourth-order valence-corrected chi connectivity index (χ4v) is 9.53. The number of nitrogens with one attached hydrogen (secondary N) is 3. The number of aromatic amines is 1. The maximum absolute atomic E-state index is 14.1. The van der Waals surface area contributed by atoms with Crippen molar-refractivity contribution >= 4 is 50.2 Å². The van der Waals surface area contributed by atoms with Crippen molar-refractivity contribution in [2.75, 3.05) is 37.4 Å². The summed E-state index contributed by atoms with van der Waals surface area (Å²) in [6, 6.07) is 38.6. The number of fused-ring (bicyclic) bond motifs is 1. The molecule has 0 saturated carbocycles. The molecule has 1 fully saturated rings. The molecule has 0 aliphatic carbocycles. The first-order chi connectivity index (χ1) is 28.6. The molecule has 7 rings (SSSR count). The number of methoxy groups -OCH3 is 1. The molecule has 304 valence electrons. The second kappa shape index (κ2) is 18.7. The van der Waals surface area contributed by atoms with Crippen LogP contribution in [0.4, 0.5) is 11.5 Å². The second-order valence-electron chi connectivity index (χ2n) is 14.8. The maximum atomic E-state index is 14.1. The number of likely N-dealkylation sites (tertiary alicyclic amines) is 1. The maximum Gasteiger partial charge on any atom is 0.337 e. The Bertz CT molecular complexity index is 2510. The van der Waals surface area contributed by atoms with Crippen LogP contribution in [0, 0.1) is 0 Å². The molecule has 12 heteroatoms. The van der Waals surface area contributed by atoms with E-state index in [1.807, 2.05) is 79.7 Å². The summed E-state index contributed by atoms with van der Waals surface area (Å²) in [4.78, 5) is 45.0. The lowest BCUT2D eigenvalue weighted by molar-refractivity contribution is 0.0600. The van der Waals surface area contributed by atoms with Gasteiger partial charge in [0.2, 0.25) is 10.0 Å². The normalized spacial score (nSPS) is 13.7. The fourth-order valence-electron chi connectivity index (χ4n) is 7.79. The molecule has 1 saturated heterocycles. The Morgan fingerprint density at radius 3 is 2.08 bits per heavy atom. The number of ether oxygens (including phenoxy) is 1. The number of anilines is 2. The number of nitrogens with zero attached hydrogens (tertiary/aromatic N) is 2. The summed E-state index contributed by atoms with van der Waals surface area (Å²) in [6.45, 7) is 4.57. The Kier molecular flexibility index (Phi) is 13.0. The summed E-state index contributed by atoms with van der Waals surface area (Å²) in [6.07, 6.45) is 4.02. The zero-order valence-corrected chi connectivity index (χ0v) is 34.1. The topological polar surface area (TPSA) is 141 Å². The van der Waals surface area contributed by atoms with Crippen LogP contribution in [0.25, 0.3) is 10.9 Å². The molecule has 3 N–H and O–H groups in total. The highest BCUT2D eigenvalue weighted by Gasteiger charge is 2.33. The van der Waals surface area contributed by atoms with Crippen LogP contribution in [0.5, 0.6) is 0 Å². The molecule has 1 aliphatic rings. The molecule has 1 aromatic heterocycles. The molecular formula is C47H49N5O6S. The summed E-state index contributed by atoms with van der Waals surface area (Å²) in [7, 11) is -2.54. The van der Waals surface area contributed by atoms with Gasteiger partial charge in [0, 0.05) is 54.4 Å². The third-order valence-electron chi connectivity index (χ3n) is 10.9. The first kappa shape index (κ1) is 41.1. The number of piperidine rings is 1. The summed E-state index contributed by atoms with van der Waals surface area (Å²) in [5, 5.41) is 6.46. The van der Waals surface area contributed by atoms with Gasteiger partial charge in [-0.3, -0.25) is 14.5 Å². The van der Waals surface area contributed by atoms with Gasteiger partial charge in [0.05, 0.1) is 23.1 Å². The number of carbonyl (C=O) groups excluding carboxylic acids is 3. The number of carbonyl (C=O) groups is 3. The predicted molar refractivity (Wildman–Crippen MR) is 231 cm³/mol. The number of benzene rings is 5. The van der Waals surface area contributed by atoms with Crippen LogP contribution in [-0.2, 0) is 34.1 Å². The van der Waals surface area contributed by atoms with E-state index < -0.39 is 21.8 Å². The third kappa shape index (κ3) is 9.80. The van der Waals surface area contributed by atoms with Gasteiger partial charge in [0.1, 0.15) is 5.82 Å². The molecule has 0 atom stereocenters. The van der Waals surface area contributed by atoms with Crippen molar-refractivity contribution in [2.24, 2.45) is 0 Å². The summed E-state index contributed by atoms with van der Waals surface area (Å²) < 4.78 is 34.5. The number of amides is 2. The minimum Gasteiger partial charge on any atom is -0.465 e. The lowest BCUT2D eigenvalue weighted by Gasteiger charge is -2.37. The lowest BCUT2D eigenvalue weighted by Crippen LogP contribution is -2.47. The zero-order valence-electron chi connectivity index (χ0n) is 33.3. The molecule has 0 bridgehead atoms. The molecule has 11 nitrogen and oxygen atoms in total. The fraction of sp³-hybridized carbons (Fsp3) is 0.255. The largest absolute Gasteiger partial charge is 0.465 e. The van der Waals surface area contributed by atoms with Crippen molar-refractivity contribution in [3.05, 3.63) is 161 Å². The monoisotopic (exact) mass is 811 g/mol. The Balaban J connectivity index is 0.996. The molecule has 0 spiro atoms. The number of hydrogen-bond acceptors (Lipinski definition) is 7. The van der Waals surface area contributed by atoms with E-state index in [1.165, 1.54) is 24.8 Å². The minimum atomic E-state index is -3.91. The van der Waals surface area contributed by atoms with Crippen molar-refractivity contribution in [1.29, 1.82) is 0 Å². The number of H-pyrrole nitrogens is 1. The number of para-hydroxylation sites is 1. The van der Waals surface area contributed by atoms with Gasteiger partial charge in [-0.25, -0.2) is 13.2 Å². The SMILES string of the molecule is CCN(C1CCN(Cc2ccccc2)CC1)S(=O)(=O)c1cccc(C(=O)Nc2[nH]c3ccccc3c2C(=O)Nc2ccc(CCCc3ccc(C(=O)OC)cc3)cc2)c1. The molecule has 1 aliphatic heterocycles. The van der Waals surface area contributed by atoms with Crippen molar-refractivity contribution in [2.45, 2.75) is 56.5 Å². The Morgan fingerprint density at radius 2 is 1.41 bits per heavy atom. The van der Waals surface area contributed by atoms with Gasteiger partial charge in [-0.2, -0.15) is 4.31 Å². The van der Waals surface area contributed by atoms with Gasteiger partial charge in [-0.15, -0.1) is 0 Å². The van der Waals surface area contributed by atoms with Crippen LogP contribution < -0.4 is 10.6 Å². The average molecular weight is 812 g/mol. The van der Waals surface area contributed by atoms with Gasteiger partial charge in [0.25, 0.3) is 11.8 Å². The second-order valence-corrected chi connectivity index (χ2v) is 16.7. The van der Waals surface area contributed by atoms with Gasteiger partial charge < -0.3 is 20.4 Å². The highest BCUT2D eigenvalue weighted by Crippen LogP contribution is 2.29. The van der Waals surface area contributed by atoms with Crippen molar-refractivity contribution < 1.29 is 27.5 Å². The first-order valence-corrected chi connectivity index (χ1v) is 21.4. The Morgan fingerprint density at radius 1 is 0.746 bits per heavy atom. The molecule has 59 heavy (non-hydrogen) atoms. The minimum absolute atomic E-state index is 0.0473. The summed E-state index contributed by atoms with van der Waals surface area (Å²) >= 11 is 0. The number of aromatic nitrogens is 1. The molecule has 2 heterocycles. The molecule has 6 aromatic rings. The highest BCUT2D eigenvalue weighted by atomic mass is 32.2. The molecule has 2 amide bonds. The number of hydrogen-bond donors (Lipinski definition) is 3. The van der Waals surface area contributed by atoms with E-state index in [1.54, 1.807) is 34.6 Å². The summed E-state index contributed by atoms with van der Waals surface area (Å²) in [5.74, 6) is -1.11. The van der Waals surface area contributed by atoms with E-state index in [9.17, 15) is 22.8 Å². The molecule has 5 aromatic carbocycles. The predicted octanol–water partition coefficient (Wildman–Crippen LogP) is 8.31. The third-order valence-corrected chi connectivity index (χ3v) is 12.9. The van der Waals surface area contributed by atoms with Crippen molar-refractivity contribution in [3.8, 4) is 0 Å². The van der Waals surface area contributed by atoms with E-state index >= 15 is 0 Å². The Hall–Kier alpha value is -6.08. The summed E-state index contributed by atoms with van der Waals surface area (Å²) in [5.41, 5.74) is 5.67. The first-order valence-electron chi connectivity index (χ1n) is 20.0. The van der Waals surface area contributed by atoms with Gasteiger partial charge >= 0.3 is 5.97 Å². The molecule has 0 radical (unpaired) electrons. The van der Waals surface area contributed by atoms with E-state index in [0.29, 0.717) is 41.5 Å². The average Bonchev–Trinajstić information content (AvgIpc) is 3.63. The van der Waals surface area contributed by atoms with Gasteiger partial charge in [0.15, 0.2) is 0 Å². The van der Waals surface area contributed by atoms with E-state index in [0.717, 1.165) is 50.0 Å². The van der Waals surface area contributed by atoms with Crippen LogP contribution in [0.2, 0.25) is 0 Å². The van der Waals surface area contributed by atoms with E-state index in [-0.39, 0.29) is 33.9 Å². The molecular weight excluding hydrogens is 763 g/mol. The van der Waals surface area contributed by atoms with Gasteiger partial charge in [-0.1, -0.05) is 85.8 Å². The van der Waals surface area contributed by atoms with E-state index in [2.05, 4.69) is 32.7 Å². The standard InChI is InChI=1S/C47H49N5O6S/c1-3-52(39-27-29-51(30-28-39)32-35-11-5-4-6-12-35)59(56,57)40-16-10-15-37(31-40)45(53)50-44-43(41-17-7-8-18-42(41)49-44)46(54)48-38-25-21-34(22-26-38)14-9-13-33-19-23-36(24-20-33)47(55)58-2/h4-8,10-12,15-26,31,39,49H,3,9,13-14,27-30,32H2,1-2H3,(H,48,54)(H,50,53). The number of sulfonamides is 1. The number of rotatable bonds is 15. The van der Waals surface area contributed by atoms with Crippen LogP contribution >= 0.6 is 0 Å². The molecule has 0 unspecified atom stereocenters. The van der Waals surface area contributed by atoms with Crippen LogP contribution in [0.3, 0.4) is 0 Å². The van der Waals surface area contributed by atoms with Crippen LogP contribution in [0.15, 0.2) is 132 Å². The highest BCUT2D eigenvalue weighted by molar-refractivity contribution is 7.89. The zero-order chi connectivity index (χ0) is 41.4. The van der Waals surface area contributed by atoms with Crippen LogP contribution in [0.1, 0.15) is 74.0 Å². The van der Waals surface area contributed by atoms with E-state index in [4.69, 9.17) is 4.74 Å². The van der Waals surface area contributed by atoms with Crippen molar-refractivity contribution in [1.82, 2.24) is 14.2 Å². The van der Waals surface area contributed by atoms with Crippen molar-refractivity contribution in [3.63, 3.8) is 0 Å². The number of esters is 1.